The molecule has 0 spiro atoms. The second-order valence-corrected chi connectivity index (χ2v) is 9.26. The number of carbonyl (C=O) groups is 1. The number of methoxy groups -OCH3 is 1. The van der Waals surface area contributed by atoms with Gasteiger partial charge in [-0.15, -0.1) is 0 Å². The molecule has 0 aromatic heterocycles. The van der Waals surface area contributed by atoms with Gasteiger partial charge in [-0.3, -0.25) is 4.79 Å². The van der Waals surface area contributed by atoms with Crippen LogP contribution in [0.2, 0.25) is 0 Å². The molecule has 0 amide bonds. The molecule has 0 heterocycles. The molecule has 142 valence electrons. The Bertz CT molecular complexity index is 865. The second-order valence-electron chi connectivity index (χ2n) is 8.11. The van der Waals surface area contributed by atoms with Gasteiger partial charge in [0.25, 0.3) is 0 Å². The van der Waals surface area contributed by atoms with Crippen LogP contribution in [0.25, 0.3) is 0 Å². The Morgan fingerprint density at radius 1 is 1.15 bits per heavy atom. The van der Waals surface area contributed by atoms with Crippen molar-refractivity contribution in [1.82, 2.24) is 0 Å². The minimum absolute atomic E-state index is 0.142. The summed E-state index contributed by atoms with van der Waals surface area (Å²) in [6.45, 7) is 2.16. The number of carbonyl (C=O) groups excluding carboxylic acids is 1. The van der Waals surface area contributed by atoms with E-state index in [2.05, 4.69) is 6.92 Å². The Morgan fingerprint density at radius 3 is 2.62 bits per heavy atom. The van der Waals surface area contributed by atoms with Gasteiger partial charge < -0.3 is 8.92 Å². The first-order chi connectivity index (χ1) is 12.2. The van der Waals surface area contributed by atoms with E-state index in [9.17, 15) is 13.2 Å². The average molecular weight is 379 g/mol. The SMILES string of the molecule is COc1cc2c(cc1OS(N)(=O)=O)CC[C@@H]1[C@@H]2CC[C@]2(C)C(=O)CC[C@@H]12. The fourth-order valence-corrected chi connectivity index (χ4v) is 6.08. The van der Waals surface area contributed by atoms with Gasteiger partial charge in [0.05, 0.1) is 7.11 Å². The predicted octanol–water partition coefficient (Wildman–Crippen LogP) is 2.70. The first kappa shape index (κ1) is 17.8. The van der Waals surface area contributed by atoms with Crippen molar-refractivity contribution in [2.45, 2.75) is 51.4 Å². The number of hydrogen-bond acceptors (Lipinski definition) is 5. The number of ether oxygens (including phenoxy) is 1. The van der Waals surface area contributed by atoms with Crippen molar-refractivity contribution in [3.63, 3.8) is 0 Å². The Morgan fingerprint density at radius 2 is 1.92 bits per heavy atom. The van der Waals surface area contributed by atoms with Crippen LogP contribution in [0.5, 0.6) is 11.5 Å². The third kappa shape index (κ3) is 2.72. The van der Waals surface area contributed by atoms with E-state index in [1.807, 2.05) is 6.07 Å². The van der Waals surface area contributed by atoms with Crippen molar-refractivity contribution in [3.05, 3.63) is 23.3 Å². The maximum absolute atomic E-state index is 12.4. The van der Waals surface area contributed by atoms with Gasteiger partial charge in [0.1, 0.15) is 5.78 Å². The Balaban J connectivity index is 1.72. The summed E-state index contributed by atoms with van der Waals surface area (Å²) in [5, 5.41) is 5.02. The van der Waals surface area contributed by atoms with Crippen molar-refractivity contribution in [1.29, 1.82) is 0 Å². The number of fused-ring (bicyclic) bond motifs is 5. The summed E-state index contributed by atoms with van der Waals surface area (Å²) in [5.74, 6) is 2.30. The average Bonchev–Trinajstić information content (AvgIpc) is 2.88. The number of ketones is 1. The van der Waals surface area contributed by atoms with Crippen LogP contribution < -0.4 is 14.1 Å². The van der Waals surface area contributed by atoms with Crippen LogP contribution >= 0.6 is 0 Å². The van der Waals surface area contributed by atoms with E-state index >= 15 is 0 Å². The molecule has 7 heteroatoms. The van der Waals surface area contributed by atoms with Crippen molar-refractivity contribution in [2.24, 2.45) is 22.4 Å². The molecule has 6 nitrogen and oxygen atoms in total. The van der Waals surface area contributed by atoms with E-state index in [1.54, 1.807) is 6.07 Å². The standard InChI is InChI=1S/C19H25NO5S/c1-19-8-7-12-13(15(19)5-6-18(19)21)4-3-11-9-17(25-26(20,22)23)16(24-2)10-14(11)12/h9-10,12-13,15H,3-8H2,1-2H3,(H2,20,22,23)/t12-,13+,15-,19-/m0/s1. The lowest BCUT2D eigenvalue weighted by Crippen LogP contribution is -2.42. The number of hydrogen-bond donors (Lipinski definition) is 1. The molecule has 2 fully saturated rings. The van der Waals surface area contributed by atoms with E-state index in [0.29, 0.717) is 35.7 Å². The highest BCUT2D eigenvalue weighted by atomic mass is 32.2. The number of benzene rings is 1. The largest absolute Gasteiger partial charge is 0.493 e. The lowest BCUT2D eigenvalue weighted by atomic mass is 9.55. The summed E-state index contributed by atoms with van der Waals surface area (Å²) < 4.78 is 32.9. The van der Waals surface area contributed by atoms with Crippen LogP contribution in [0.3, 0.4) is 0 Å². The van der Waals surface area contributed by atoms with Crippen molar-refractivity contribution in [2.75, 3.05) is 7.11 Å². The van der Waals surface area contributed by atoms with Crippen LogP contribution in [-0.4, -0.2) is 21.3 Å². The molecule has 0 saturated heterocycles. The summed E-state index contributed by atoms with van der Waals surface area (Å²) in [6, 6.07) is 3.66. The fraction of sp³-hybridized carbons (Fsp3) is 0.632. The summed E-state index contributed by atoms with van der Waals surface area (Å²) in [5.41, 5.74) is 2.15. The lowest BCUT2D eigenvalue weighted by molar-refractivity contribution is -0.129. The molecule has 0 unspecified atom stereocenters. The van der Waals surface area contributed by atoms with Gasteiger partial charge in [-0.1, -0.05) is 6.92 Å². The summed E-state index contributed by atoms with van der Waals surface area (Å²) in [6.07, 6.45) is 5.48. The van der Waals surface area contributed by atoms with E-state index in [0.717, 1.165) is 37.7 Å². The van der Waals surface area contributed by atoms with Gasteiger partial charge in [0.15, 0.2) is 11.5 Å². The molecular weight excluding hydrogens is 354 g/mol. The molecule has 0 aliphatic heterocycles. The van der Waals surface area contributed by atoms with Gasteiger partial charge in [0, 0.05) is 11.8 Å². The molecule has 3 aliphatic rings. The van der Waals surface area contributed by atoms with E-state index in [4.69, 9.17) is 14.1 Å². The Labute approximate surface area is 154 Å². The molecule has 2 saturated carbocycles. The second kappa shape index (κ2) is 5.96. The predicted molar refractivity (Wildman–Crippen MR) is 96.4 cm³/mol. The highest BCUT2D eigenvalue weighted by Gasteiger charge is 2.54. The van der Waals surface area contributed by atoms with Crippen LogP contribution in [0.15, 0.2) is 12.1 Å². The summed E-state index contributed by atoms with van der Waals surface area (Å²) in [7, 11) is -2.61. The van der Waals surface area contributed by atoms with E-state index in [-0.39, 0.29) is 11.2 Å². The maximum Gasteiger partial charge on any atom is 0.380 e. The zero-order valence-corrected chi connectivity index (χ0v) is 16.0. The van der Waals surface area contributed by atoms with Crippen molar-refractivity contribution < 1.29 is 22.1 Å². The molecular formula is C19H25NO5S. The summed E-state index contributed by atoms with van der Waals surface area (Å²) in [4.78, 5) is 12.4. The van der Waals surface area contributed by atoms with Crippen LogP contribution in [0.1, 0.15) is 56.1 Å². The molecule has 2 N–H and O–H groups in total. The van der Waals surface area contributed by atoms with Crippen LogP contribution in [0, 0.1) is 17.3 Å². The van der Waals surface area contributed by atoms with Gasteiger partial charge >= 0.3 is 10.3 Å². The van der Waals surface area contributed by atoms with Gasteiger partial charge in [0.2, 0.25) is 0 Å². The molecule has 4 atom stereocenters. The molecule has 3 aliphatic carbocycles. The zero-order valence-electron chi connectivity index (χ0n) is 15.2. The molecule has 1 aromatic carbocycles. The number of aryl methyl sites for hydroxylation is 1. The third-order valence-corrected chi connectivity index (χ3v) is 7.34. The topological polar surface area (TPSA) is 95.7 Å². The normalized spacial score (nSPS) is 33.2. The lowest BCUT2D eigenvalue weighted by Gasteiger charge is -2.48. The minimum Gasteiger partial charge on any atom is -0.493 e. The first-order valence-electron chi connectivity index (χ1n) is 9.19. The highest BCUT2D eigenvalue weighted by molar-refractivity contribution is 7.84. The van der Waals surface area contributed by atoms with Crippen molar-refractivity contribution >= 4 is 16.1 Å². The number of rotatable bonds is 3. The Kier molecular flexibility index (Phi) is 4.08. The third-order valence-electron chi connectivity index (χ3n) is 6.92. The van der Waals surface area contributed by atoms with Gasteiger partial charge in [-0.05, 0) is 73.1 Å². The first-order valence-corrected chi connectivity index (χ1v) is 10.7. The number of nitrogens with two attached hydrogens (primary N) is 1. The molecule has 0 radical (unpaired) electrons. The molecule has 1 aromatic rings. The molecule has 4 rings (SSSR count). The molecule has 0 bridgehead atoms. The Hall–Kier alpha value is -1.60. The maximum atomic E-state index is 12.4. The fourth-order valence-electron chi connectivity index (χ4n) is 5.70. The van der Waals surface area contributed by atoms with Gasteiger partial charge in [-0.2, -0.15) is 13.6 Å². The monoisotopic (exact) mass is 379 g/mol. The van der Waals surface area contributed by atoms with Crippen LogP contribution in [-0.2, 0) is 21.5 Å². The van der Waals surface area contributed by atoms with E-state index < -0.39 is 10.3 Å². The highest BCUT2D eigenvalue weighted by Crippen LogP contribution is 2.60. The molecule has 26 heavy (non-hydrogen) atoms. The van der Waals surface area contributed by atoms with Gasteiger partial charge in [-0.25, -0.2) is 0 Å². The van der Waals surface area contributed by atoms with Crippen molar-refractivity contribution in [3.8, 4) is 11.5 Å². The summed E-state index contributed by atoms with van der Waals surface area (Å²) >= 11 is 0. The van der Waals surface area contributed by atoms with E-state index in [1.165, 1.54) is 12.7 Å². The minimum atomic E-state index is -4.10. The number of Topliss-reactive ketones (excluding diaryl/α,β-unsaturated/α-hetero) is 1. The quantitative estimate of drug-likeness (QED) is 0.871. The smallest absolute Gasteiger partial charge is 0.380 e. The van der Waals surface area contributed by atoms with Crippen LogP contribution in [0.4, 0.5) is 0 Å². The zero-order chi connectivity index (χ0) is 18.7.